The molecule has 0 saturated carbocycles. The lowest BCUT2D eigenvalue weighted by Crippen LogP contribution is -3.13. The Balaban J connectivity index is 0.000000385. The first-order valence-corrected chi connectivity index (χ1v) is 6.03. The molecular weight excluding hydrogens is 221 g/mol. The molecule has 0 aromatic heterocycles. The van der Waals surface area contributed by atoms with Gasteiger partial charge in [-0.25, -0.2) is 0 Å². The lowest BCUT2D eigenvalue weighted by molar-refractivity contribution is -0.908. The molecule has 0 radical (unpaired) electrons. The number of nitrogens with one attached hydrogen (secondary N) is 1. The summed E-state index contributed by atoms with van der Waals surface area (Å²) < 4.78 is 39.0. The van der Waals surface area contributed by atoms with Gasteiger partial charge in [0.25, 0.3) is 0 Å². The fourth-order valence-electron chi connectivity index (χ4n) is 2.05. The van der Waals surface area contributed by atoms with E-state index < -0.39 is 7.25 Å². The molecule has 0 amide bonds. The van der Waals surface area contributed by atoms with Gasteiger partial charge in [-0.2, -0.15) is 0 Å². The van der Waals surface area contributed by atoms with E-state index >= 15 is 0 Å². The lowest BCUT2D eigenvalue weighted by atomic mass is 10.0. The zero-order valence-electron chi connectivity index (χ0n) is 10.1. The van der Waals surface area contributed by atoms with Gasteiger partial charge in [0.1, 0.15) is 0 Å². The summed E-state index contributed by atoms with van der Waals surface area (Å²) >= 11 is 0. The SMILES string of the molecule is CCCC[NH+]1CCCC(C)C1.F[B-](F)(F)F. The van der Waals surface area contributed by atoms with Crippen molar-refractivity contribution in [2.24, 2.45) is 5.92 Å². The van der Waals surface area contributed by atoms with Gasteiger partial charge in [-0.1, -0.05) is 20.3 Å². The van der Waals surface area contributed by atoms with Crippen LogP contribution in [0.15, 0.2) is 0 Å². The van der Waals surface area contributed by atoms with Crippen molar-refractivity contribution >= 4 is 7.25 Å². The first-order chi connectivity index (χ1) is 7.33. The van der Waals surface area contributed by atoms with Gasteiger partial charge in [0.05, 0.1) is 19.6 Å². The minimum Gasteiger partial charge on any atom is -0.418 e. The second-order valence-corrected chi connectivity index (χ2v) is 4.55. The van der Waals surface area contributed by atoms with Crippen LogP contribution in [-0.4, -0.2) is 26.9 Å². The molecule has 0 aromatic rings. The van der Waals surface area contributed by atoms with Gasteiger partial charge in [0.2, 0.25) is 0 Å². The molecule has 1 N–H and O–H groups in total. The Morgan fingerprint density at radius 1 is 1.25 bits per heavy atom. The van der Waals surface area contributed by atoms with Crippen LogP contribution in [0.1, 0.15) is 39.5 Å². The van der Waals surface area contributed by atoms with Crippen molar-refractivity contribution in [3.05, 3.63) is 0 Å². The van der Waals surface area contributed by atoms with Crippen molar-refractivity contribution in [1.29, 1.82) is 0 Å². The third kappa shape index (κ3) is 11.8. The summed E-state index contributed by atoms with van der Waals surface area (Å²) in [4.78, 5) is 1.85. The fourth-order valence-corrected chi connectivity index (χ4v) is 2.05. The Hall–Kier alpha value is -0.255. The molecule has 1 aliphatic rings. The molecule has 1 saturated heterocycles. The maximum Gasteiger partial charge on any atom is 0.673 e. The topological polar surface area (TPSA) is 4.44 Å². The number of piperidine rings is 1. The molecule has 1 rings (SSSR count). The molecular formula is C10H22BF4N. The molecule has 1 nitrogen and oxygen atoms in total. The summed E-state index contributed by atoms with van der Waals surface area (Å²) in [5, 5.41) is 0. The van der Waals surface area contributed by atoms with E-state index in [1.54, 1.807) is 0 Å². The highest BCUT2D eigenvalue weighted by atomic mass is 19.5. The summed E-state index contributed by atoms with van der Waals surface area (Å²) in [7, 11) is -6.00. The van der Waals surface area contributed by atoms with Gasteiger partial charge in [0, 0.05) is 5.92 Å². The molecule has 0 bridgehead atoms. The molecule has 0 aromatic carbocycles. The van der Waals surface area contributed by atoms with Gasteiger partial charge in [-0.15, -0.1) is 0 Å². The van der Waals surface area contributed by atoms with E-state index in [4.69, 9.17) is 0 Å². The van der Waals surface area contributed by atoms with Gasteiger partial charge in [-0.3, -0.25) is 0 Å². The van der Waals surface area contributed by atoms with Crippen LogP contribution in [-0.2, 0) is 0 Å². The van der Waals surface area contributed by atoms with E-state index in [0.717, 1.165) is 5.92 Å². The minimum absolute atomic E-state index is 0.982. The second kappa shape index (κ2) is 7.93. The lowest BCUT2D eigenvalue weighted by Gasteiger charge is -2.27. The third-order valence-corrected chi connectivity index (χ3v) is 2.75. The van der Waals surface area contributed by atoms with Crippen molar-refractivity contribution in [3.63, 3.8) is 0 Å². The predicted octanol–water partition coefficient (Wildman–Crippen LogP) is 2.40. The number of likely N-dealkylation sites (tertiary alicyclic amines) is 1. The van der Waals surface area contributed by atoms with Gasteiger partial charge >= 0.3 is 7.25 Å². The summed E-state index contributed by atoms with van der Waals surface area (Å²) in [5.74, 6) is 0.982. The number of rotatable bonds is 3. The zero-order chi connectivity index (χ0) is 12.6. The minimum atomic E-state index is -6.00. The normalized spacial score (nSPS) is 25.9. The van der Waals surface area contributed by atoms with E-state index in [2.05, 4.69) is 13.8 Å². The molecule has 0 spiro atoms. The second-order valence-electron chi connectivity index (χ2n) is 4.55. The Kier molecular flexibility index (Phi) is 7.80. The number of halogens is 4. The molecule has 2 atom stereocenters. The zero-order valence-corrected chi connectivity index (χ0v) is 10.1. The van der Waals surface area contributed by atoms with E-state index in [9.17, 15) is 17.3 Å². The maximum absolute atomic E-state index is 9.75. The maximum atomic E-state index is 9.75. The van der Waals surface area contributed by atoms with Crippen LogP contribution >= 0.6 is 0 Å². The van der Waals surface area contributed by atoms with Crippen LogP contribution in [0, 0.1) is 5.92 Å². The van der Waals surface area contributed by atoms with Gasteiger partial charge in [0.15, 0.2) is 0 Å². The molecule has 1 fully saturated rings. The monoisotopic (exact) mass is 243 g/mol. The van der Waals surface area contributed by atoms with E-state index in [1.165, 1.54) is 45.3 Å². The number of hydrogen-bond donors (Lipinski definition) is 1. The van der Waals surface area contributed by atoms with Crippen molar-refractivity contribution in [2.75, 3.05) is 19.6 Å². The fraction of sp³-hybridized carbons (Fsp3) is 1.00. The van der Waals surface area contributed by atoms with Crippen LogP contribution < -0.4 is 4.90 Å². The average molecular weight is 243 g/mol. The van der Waals surface area contributed by atoms with E-state index in [1.807, 2.05) is 4.90 Å². The summed E-state index contributed by atoms with van der Waals surface area (Å²) in [6.45, 7) is 8.96. The third-order valence-electron chi connectivity index (χ3n) is 2.75. The molecule has 1 aliphatic heterocycles. The van der Waals surface area contributed by atoms with E-state index in [-0.39, 0.29) is 0 Å². The molecule has 6 heteroatoms. The van der Waals surface area contributed by atoms with Crippen molar-refractivity contribution in [3.8, 4) is 0 Å². The largest absolute Gasteiger partial charge is 0.673 e. The standard InChI is InChI=1S/C10H21N.BF4/c1-3-4-7-11-8-5-6-10(2)9-11;2-1(3,4)5/h10H,3-9H2,1-2H3;/q;-1/p+1. The molecule has 2 unspecified atom stereocenters. The molecule has 1 heterocycles. The van der Waals surface area contributed by atoms with Crippen LogP contribution in [0.4, 0.5) is 17.3 Å². The van der Waals surface area contributed by atoms with Crippen LogP contribution in [0.3, 0.4) is 0 Å². The Bertz CT molecular complexity index is 169. The first-order valence-electron chi connectivity index (χ1n) is 6.03. The summed E-state index contributed by atoms with van der Waals surface area (Å²) in [6.07, 6.45) is 5.70. The Labute approximate surface area is 95.3 Å². The highest BCUT2D eigenvalue weighted by molar-refractivity contribution is 6.50. The molecule has 98 valence electrons. The van der Waals surface area contributed by atoms with Crippen molar-refractivity contribution in [2.45, 2.75) is 39.5 Å². The highest BCUT2D eigenvalue weighted by Crippen LogP contribution is 2.06. The smallest absolute Gasteiger partial charge is 0.418 e. The Morgan fingerprint density at radius 3 is 2.25 bits per heavy atom. The summed E-state index contributed by atoms with van der Waals surface area (Å²) in [6, 6.07) is 0. The Morgan fingerprint density at radius 2 is 1.81 bits per heavy atom. The van der Waals surface area contributed by atoms with E-state index in [0.29, 0.717) is 0 Å². The van der Waals surface area contributed by atoms with Gasteiger partial charge < -0.3 is 22.2 Å². The quantitative estimate of drug-likeness (QED) is 0.573. The van der Waals surface area contributed by atoms with Crippen LogP contribution in [0.5, 0.6) is 0 Å². The van der Waals surface area contributed by atoms with Crippen molar-refractivity contribution < 1.29 is 22.2 Å². The summed E-state index contributed by atoms with van der Waals surface area (Å²) in [5.41, 5.74) is 0. The number of unbranched alkanes of at least 4 members (excludes halogenated alkanes) is 1. The predicted molar refractivity (Wildman–Crippen MR) is 59.1 cm³/mol. The number of quaternary nitrogens is 1. The van der Waals surface area contributed by atoms with Crippen molar-refractivity contribution in [1.82, 2.24) is 0 Å². The first kappa shape index (κ1) is 15.7. The van der Waals surface area contributed by atoms with Crippen LogP contribution in [0.2, 0.25) is 0 Å². The number of hydrogen-bond acceptors (Lipinski definition) is 0. The average Bonchev–Trinajstić information content (AvgIpc) is 2.12. The van der Waals surface area contributed by atoms with Gasteiger partial charge in [-0.05, 0) is 19.3 Å². The molecule has 16 heavy (non-hydrogen) atoms. The molecule has 0 aliphatic carbocycles. The van der Waals surface area contributed by atoms with Crippen LogP contribution in [0.25, 0.3) is 0 Å². The highest BCUT2D eigenvalue weighted by Gasteiger charge is 2.20.